The summed E-state index contributed by atoms with van der Waals surface area (Å²) in [5.74, 6) is -5.64. The van der Waals surface area contributed by atoms with Crippen LogP contribution in [0.5, 0.6) is 0 Å². The summed E-state index contributed by atoms with van der Waals surface area (Å²) in [4.78, 5) is 133. The van der Waals surface area contributed by atoms with E-state index in [0.29, 0.717) is 112 Å². The number of nitrogen functional groups attached to an aromatic ring is 1. The molecule has 6 rings (SSSR count). The normalized spacial score (nSPS) is 15.3. The number of fused-ring (bicyclic) bond motifs is 2. The van der Waals surface area contributed by atoms with Gasteiger partial charge in [-0.15, -0.1) is 0 Å². The van der Waals surface area contributed by atoms with Crippen LogP contribution in [0.1, 0.15) is 242 Å². The maximum atomic E-state index is 13.1. The van der Waals surface area contributed by atoms with Gasteiger partial charge in [0, 0.05) is 77.4 Å². The summed E-state index contributed by atoms with van der Waals surface area (Å²) in [6, 6.07) is 7.22. The molecule has 2 fully saturated rings. The number of hydrogen-bond acceptors (Lipinski definition) is 22. The van der Waals surface area contributed by atoms with Gasteiger partial charge in [-0.1, -0.05) is 138 Å². The lowest BCUT2D eigenvalue weighted by molar-refractivity contribution is -0.155. The van der Waals surface area contributed by atoms with Crippen molar-refractivity contribution in [1.82, 2.24) is 20.4 Å². The van der Waals surface area contributed by atoms with Crippen LogP contribution in [-0.4, -0.2) is 230 Å². The highest BCUT2D eigenvalue weighted by molar-refractivity contribution is 14.1. The van der Waals surface area contributed by atoms with Crippen LogP contribution in [0.25, 0.3) is 0 Å². The number of carbonyl (C=O) groups excluding carboxylic acids is 10. The number of halogens is 3. The van der Waals surface area contributed by atoms with Gasteiger partial charge in [-0.25, -0.2) is 0 Å². The van der Waals surface area contributed by atoms with Crippen molar-refractivity contribution in [3.05, 3.63) is 58.7 Å². The number of ether oxygens (including phenoxy) is 10. The first kappa shape index (κ1) is 98.2. The quantitative estimate of drug-likeness (QED) is 0.0103. The van der Waals surface area contributed by atoms with Crippen LogP contribution in [0.2, 0.25) is 0 Å². The van der Waals surface area contributed by atoms with Crippen LogP contribution in [-0.2, 0) is 80.9 Å². The summed E-state index contributed by atoms with van der Waals surface area (Å²) in [5, 5.41) is 15.5. The van der Waals surface area contributed by atoms with Crippen LogP contribution in [0.3, 0.4) is 0 Å². The number of benzene rings is 2. The van der Waals surface area contributed by atoms with Gasteiger partial charge in [0.2, 0.25) is 29.5 Å². The Balaban J connectivity index is 0.000000395. The lowest BCUT2D eigenvalue weighted by Gasteiger charge is -2.27. The second-order valence-electron chi connectivity index (χ2n) is 27.2. The highest BCUT2D eigenvalue weighted by atomic mass is 127. The minimum absolute atomic E-state index is 0.0425. The molecule has 4 aliphatic rings. The molecule has 2 unspecified atom stereocenters. The van der Waals surface area contributed by atoms with Gasteiger partial charge >= 0.3 is 11.9 Å². The number of anilines is 2. The number of imide groups is 4. The van der Waals surface area contributed by atoms with Gasteiger partial charge in [0.1, 0.15) is 17.7 Å². The highest BCUT2D eigenvalue weighted by Gasteiger charge is 2.47. The van der Waals surface area contributed by atoms with E-state index < -0.39 is 65.3 Å². The predicted octanol–water partition coefficient (Wildman–Crippen LogP) is 11.9. The zero-order valence-electron chi connectivity index (χ0n) is 64.4. The lowest BCUT2D eigenvalue weighted by Crippen LogP contribution is -2.54. The van der Waals surface area contributed by atoms with E-state index in [1.165, 1.54) is 89.3 Å². The Hall–Kier alpha value is -4.96. The van der Waals surface area contributed by atoms with Gasteiger partial charge in [-0.05, 0) is 148 Å². The van der Waals surface area contributed by atoms with Gasteiger partial charge in [-0.2, -0.15) is 0 Å². The van der Waals surface area contributed by atoms with Crippen molar-refractivity contribution in [1.29, 1.82) is 0 Å². The number of rotatable bonds is 57. The number of piperidine rings is 2. The van der Waals surface area contributed by atoms with Crippen molar-refractivity contribution >= 4 is 144 Å². The summed E-state index contributed by atoms with van der Waals surface area (Å²) < 4.78 is 58.4. The topological polar surface area (TPSA) is 369 Å². The Morgan fingerprint density at radius 3 is 1.10 bits per heavy atom. The van der Waals surface area contributed by atoms with Gasteiger partial charge < -0.3 is 63.5 Å². The van der Waals surface area contributed by atoms with E-state index in [9.17, 15) is 52.7 Å². The molecular weight excluding hydrogens is 1750 g/mol. The van der Waals surface area contributed by atoms with Crippen LogP contribution in [0.4, 0.5) is 11.4 Å². The van der Waals surface area contributed by atoms with E-state index in [1.807, 2.05) is 20.8 Å². The molecular formula is C78H121I3N6O22. The summed E-state index contributed by atoms with van der Waals surface area (Å²) in [5.41, 5.74) is 6.29. The second kappa shape index (κ2) is 61.5. The van der Waals surface area contributed by atoms with Crippen LogP contribution >= 0.6 is 67.8 Å². The zero-order chi connectivity index (χ0) is 79.7. The Morgan fingerprint density at radius 1 is 0.431 bits per heavy atom. The molecule has 0 spiro atoms. The summed E-state index contributed by atoms with van der Waals surface area (Å²) in [6.07, 6.45) is 23.8. The number of hydrogen-bond donors (Lipinski definition) is 5. The molecule has 0 aliphatic carbocycles. The van der Waals surface area contributed by atoms with E-state index in [2.05, 4.69) is 83.7 Å². The monoisotopic (exact) mass is 1870 g/mol. The molecule has 0 bridgehead atoms. The molecule has 4 aliphatic heterocycles. The zero-order valence-corrected chi connectivity index (χ0v) is 70.9. The largest absolute Gasteiger partial charge is 0.481 e. The maximum absolute atomic E-state index is 13.1. The number of esters is 1. The Bertz CT molecular complexity index is 3020. The highest BCUT2D eigenvalue weighted by Crippen LogP contribution is 2.34. The maximum Gasteiger partial charge on any atom is 0.306 e. The van der Waals surface area contributed by atoms with E-state index in [1.54, 1.807) is 18.2 Å². The predicted molar refractivity (Wildman–Crippen MR) is 438 cm³/mol. The van der Waals surface area contributed by atoms with Crippen LogP contribution in [0.15, 0.2) is 36.4 Å². The standard InChI is InChI=1S/C29H40IN3O8.C20H39IO5.C16H31IO5.C13H11N3O4/c30-14-5-1-2-6-15-39-17-19-41-20-18-40-16-7-3-4-11-24(34)31-22-10-8-9-21-26(22)29(38)33(28(21)37)23-12-13-25(35)32-27(23)36;1-20(2,3)26-19(22)11-7-6-10-14-24-16-18-25-17-15-23-13-9-5-4-8-12-21;17-9-5-1-2-6-10-20-12-14-22-15-13-21-11-7-3-4-8-16(18)19;14-7-3-1-2-6-10(7)13(20)16(12(6)19)8-4-5-9(17)15-11(8)18/h8-10,23H,1-7,11-20H2,(H,31,34)(H,32,35,36);4-18H2,1-3H3;1-15H2,(H,18,19);1-3,8H,4-5,14H2,(H,15,17,18). The molecule has 28 nitrogen and oxygen atoms in total. The molecule has 2 saturated heterocycles. The molecule has 6 N–H and O–H groups in total. The molecule has 109 heavy (non-hydrogen) atoms. The molecule has 2 aromatic rings. The first-order valence-electron chi connectivity index (χ1n) is 38.7. The fraction of sp³-hybridized carbons (Fsp3) is 0.705. The van der Waals surface area contributed by atoms with E-state index in [-0.39, 0.29) is 89.6 Å². The third kappa shape index (κ3) is 43.8. The number of aliphatic carboxylic acids is 1. The van der Waals surface area contributed by atoms with Gasteiger partial charge in [0.15, 0.2) is 0 Å². The van der Waals surface area contributed by atoms with Crippen molar-refractivity contribution in [2.45, 2.75) is 218 Å². The van der Waals surface area contributed by atoms with Gasteiger partial charge in [0.25, 0.3) is 23.6 Å². The molecule has 2 atom stereocenters. The van der Waals surface area contributed by atoms with Crippen LogP contribution < -0.4 is 21.7 Å². The molecule has 9 amide bonds. The average molecular weight is 1880 g/mol. The third-order valence-corrected chi connectivity index (χ3v) is 19.2. The SMILES string of the molecule is CC(C)(C)OC(=O)CCCCCOCCOCCOCCCCCCI.Nc1cccc2c1C(=O)N(C1CCC(=O)NC1=O)C2=O.O=C(O)CCCCCOCCOCCOCCCCCCI.O=C1CCC(N2C(=O)c3cccc(NC(=O)CCCCCOCCOCCOCCCCCCI)c3C2=O)C(=O)N1. The number of carbonyl (C=O) groups is 11. The number of unbranched alkanes of at least 4 members (excludes halogenated alkanes) is 15. The molecule has 0 aromatic heterocycles. The van der Waals surface area contributed by atoms with Crippen LogP contribution in [0, 0.1) is 0 Å². The second-order valence-corrected chi connectivity index (χ2v) is 30.4. The molecule has 2 aromatic carbocycles. The Labute approximate surface area is 685 Å². The number of nitrogens with zero attached hydrogens (tertiary/aromatic N) is 2. The smallest absolute Gasteiger partial charge is 0.306 e. The number of carboxylic acid groups (broad SMARTS) is 1. The fourth-order valence-electron chi connectivity index (χ4n) is 11.3. The minimum Gasteiger partial charge on any atom is -0.481 e. The third-order valence-electron chi connectivity index (χ3n) is 17.0. The lowest BCUT2D eigenvalue weighted by atomic mass is 10.0. The number of amides is 9. The van der Waals surface area contributed by atoms with E-state index in [4.69, 9.17) is 58.2 Å². The molecule has 31 heteroatoms. The summed E-state index contributed by atoms with van der Waals surface area (Å²) in [6.45, 7) is 17.3. The first-order chi connectivity index (χ1) is 52.7. The first-order valence-corrected chi connectivity index (χ1v) is 43.3. The Morgan fingerprint density at radius 2 is 0.752 bits per heavy atom. The molecule has 0 radical (unpaired) electrons. The fourth-order valence-corrected chi connectivity index (χ4v) is 12.9. The summed E-state index contributed by atoms with van der Waals surface area (Å²) in [7, 11) is 0. The molecule has 616 valence electrons. The van der Waals surface area contributed by atoms with E-state index >= 15 is 0 Å². The van der Waals surface area contributed by atoms with Crippen molar-refractivity contribution < 1.29 is 105 Å². The van der Waals surface area contributed by atoms with Crippen molar-refractivity contribution in [3.63, 3.8) is 0 Å². The number of nitrogens with one attached hydrogen (secondary N) is 3. The van der Waals surface area contributed by atoms with Gasteiger partial charge in [0.05, 0.1) is 107 Å². The number of carboxylic acids is 1. The number of nitrogens with two attached hydrogens (primary N) is 1. The summed E-state index contributed by atoms with van der Waals surface area (Å²) >= 11 is 7.23. The molecule has 0 saturated carbocycles. The van der Waals surface area contributed by atoms with Gasteiger partial charge in [-0.3, -0.25) is 73.2 Å². The average Bonchev–Trinajstić information content (AvgIpc) is 1.61. The van der Waals surface area contributed by atoms with E-state index in [0.717, 1.165) is 100 Å². The number of alkyl halides is 3. The Kier molecular flexibility index (Phi) is 55.5. The van der Waals surface area contributed by atoms with Crippen molar-refractivity contribution in [3.8, 4) is 0 Å². The van der Waals surface area contributed by atoms with Crippen molar-refractivity contribution in [2.24, 2.45) is 0 Å². The molecule has 4 heterocycles. The minimum atomic E-state index is -1.05. The van der Waals surface area contributed by atoms with Crippen molar-refractivity contribution in [2.75, 3.05) is 143 Å².